The summed E-state index contributed by atoms with van der Waals surface area (Å²) in [5.74, 6) is -0.229. The molecule has 1 aliphatic heterocycles. The van der Waals surface area contributed by atoms with Crippen LogP contribution in [0.2, 0.25) is 0 Å². The standard InChI is InChI=1S/C16H22N2O6/c1-3-5-6-10(4-2)23-16-15(22)14(21)13(20)11(24-16)7-8-12(19)18-9-17/h3-6,11,13-16,20-22H,2,7-8H2,1H3,(H,18,19)/b5-3-,10-6+/t11?,13-,14?,15?,16+/m1/s1. The number of allylic oxidation sites excluding steroid dienone is 4. The first-order valence-electron chi connectivity index (χ1n) is 7.44. The van der Waals surface area contributed by atoms with Crippen LogP contribution in [-0.4, -0.2) is 51.9 Å². The zero-order valence-electron chi connectivity index (χ0n) is 13.3. The van der Waals surface area contributed by atoms with E-state index in [0.717, 1.165) is 0 Å². The van der Waals surface area contributed by atoms with Gasteiger partial charge in [-0.05, 0) is 25.5 Å². The average molecular weight is 338 g/mol. The molecular weight excluding hydrogens is 316 g/mol. The van der Waals surface area contributed by atoms with Crippen LogP contribution in [0.1, 0.15) is 19.8 Å². The Bertz CT molecular complexity index is 539. The van der Waals surface area contributed by atoms with Crippen LogP contribution < -0.4 is 5.32 Å². The number of hydrogen-bond acceptors (Lipinski definition) is 7. The summed E-state index contributed by atoms with van der Waals surface area (Å²) in [5.41, 5.74) is 0. The lowest BCUT2D eigenvalue weighted by Crippen LogP contribution is -2.58. The summed E-state index contributed by atoms with van der Waals surface area (Å²) < 4.78 is 10.9. The zero-order chi connectivity index (χ0) is 18.1. The van der Waals surface area contributed by atoms with Crippen LogP contribution in [0.4, 0.5) is 0 Å². The van der Waals surface area contributed by atoms with Gasteiger partial charge in [0.2, 0.25) is 12.2 Å². The number of nitrogens with zero attached hydrogens (tertiary/aromatic N) is 1. The molecule has 5 atom stereocenters. The van der Waals surface area contributed by atoms with Gasteiger partial charge in [-0.15, -0.1) is 0 Å². The molecule has 1 aliphatic rings. The number of nitrogens with one attached hydrogen (secondary N) is 1. The quantitative estimate of drug-likeness (QED) is 0.219. The van der Waals surface area contributed by atoms with Crippen molar-refractivity contribution < 1.29 is 29.6 Å². The zero-order valence-corrected chi connectivity index (χ0v) is 13.3. The second-order valence-electron chi connectivity index (χ2n) is 5.13. The molecule has 1 saturated heterocycles. The normalized spacial score (nSPS) is 30.6. The maximum absolute atomic E-state index is 11.3. The lowest BCUT2D eigenvalue weighted by Gasteiger charge is -2.40. The van der Waals surface area contributed by atoms with Gasteiger partial charge in [-0.2, -0.15) is 5.26 Å². The summed E-state index contributed by atoms with van der Waals surface area (Å²) in [4.78, 5) is 11.3. The van der Waals surface area contributed by atoms with Gasteiger partial charge < -0.3 is 24.8 Å². The second kappa shape index (κ2) is 9.85. The monoisotopic (exact) mass is 338 g/mol. The summed E-state index contributed by atoms with van der Waals surface area (Å²) >= 11 is 0. The van der Waals surface area contributed by atoms with Crippen molar-refractivity contribution in [3.8, 4) is 6.19 Å². The summed E-state index contributed by atoms with van der Waals surface area (Å²) in [6, 6.07) is 0. The second-order valence-corrected chi connectivity index (χ2v) is 5.13. The number of carbonyl (C=O) groups excluding carboxylic acids is 1. The van der Waals surface area contributed by atoms with Crippen molar-refractivity contribution in [3.63, 3.8) is 0 Å². The smallest absolute Gasteiger partial charge is 0.233 e. The van der Waals surface area contributed by atoms with E-state index in [1.807, 2.05) is 12.2 Å². The molecule has 0 aromatic heterocycles. The Labute approximate surface area is 140 Å². The minimum Gasteiger partial charge on any atom is -0.462 e. The van der Waals surface area contributed by atoms with Crippen molar-refractivity contribution in [2.24, 2.45) is 0 Å². The van der Waals surface area contributed by atoms with Gasteiger partial charge in [0.1, 0.15) is 24.1 Å². The Morgan fingerprint density at radius 1 is 1.38 bits per heavy atom. The largest absolute Gasteiger partial charge is 0.462 e. The maximum Gasteiger partial charge on any atom is 0.233 e. The summed E-state index contributed by atoms with van der Waals surface area (Å²) in [5, 5.41) is 40.2. The first kappa shape index (κ1) is 19.9. The van der Waals surface area contributed by atoms with Crippen molar-refractivity contribution in [2.45, 2.75) is 50.5 Å². The molecule has 0 saturated carbocycles. The van der Waals surface area contributed by atoms with Gasteiger partial charge in [0.25, 0.3) is 0 Å². The fourth-order valence-corrected chi connectivity index (χ4v) is 2.13. The number of nitriles is 1. The molecular formula is C16H22N2O6. The van der Waals surface area contributed by atoms with Gasteiger partial charge >= 0.3 is 0 Å². The highest BCUT2D eigenvalue weighted by Gasteiger charge is 2.44. The summed E-state index contributed by atoms with van der Waals surface area (Å²) in [6.45, 7) is 5.39. The molecule has 0 radical (unpaired) electrons. The molecule has 0 aliphatic carbocycles. The third kappa shape index (κ3) is 5.47. The van der Waals surface area contributed by atoms with E-state index in [1.54, 1.807) is 18.2 Å². The maximum atomic E-state index is 11.3. The fraction of sp³-hybridized carbons (Fsp3) is 0.500. The average Bonchev–Trinajstić information content (AvgIpc) is 2.57. The summed E-state index contributed by atoms with van der Waals surface area (Å²) in [7, 11) is 0. The Morgan fingerprint density at radius 3 is 2.67 bits per heavy atom. The molecule has 8 nitrogen and oxygen atoms in total. The van der Waals surface area contributed by atoms with Crippen molar-refractivity contribution in [1.29, 1.82) is 5.26 Å². The number of aliphatic hydroxyl groups excluding tert-OH is 3. The van der Waals surface area contributed by atoms with Gasteiger partial charge in [0, 0.05) is 6.42 Å². The molecule has 1 rings (SSSR count). The predicted octanol–water partition coefficient (Wildman–Crippen LogP) is -0.166. The minimum absolute atomic E-state index is 0.0420. The molecule has 132 valence electrons. The lowest BCUT2D eigenvalue weighted by molar-refractivity contribution is -0.286. The number of aliphatic hydroxyl groups is 3. The van der Waals surface area contributed by atoms with Gasteiger partial charge in [0.15, 0.2) is 6.19 Å². The van der Waals surface area contributed by atoms with Crippen LogP contribution in [0, 0.1) is 11.5 Å². The van der Waals surface area contributed by atoms with E-state index in [1.165, 1.54) is 12.3 Å². The van der Waals surface area contributed by atoms with Gasteiger partial charge in [-0.1, -0.05) is 18.7 Å². The van der Waals surface area contributed by atoms with E-state index in [4.69, 9.17) is 14.7 Å². The molecule has 8 heteroatoms. The Kier molecular flexibility index (Phi) is 8.15. The highest BCUT2D eigenvalue weighted by atomic mass is 16.7. The van der Waals surface area contributed by atoms with Crippen molar-refractivity contribution in [3.05, 3.63) is 36.6 Å². The molecule has 0 bridgehead atoms. The van der Waals surface area contributed by atoms with E-state index in [-0.39, 0.29) is 12.8 Å². The SMILES string of the molecule is C=C/C(=C\C=C/C)O[C@H]1OC(CCC(=O)NC#N)[C@@H](O)C(O)C1O. The van der Waals surface area contributed by atoms with E-state index >= 15 is 0 Å². The predicted molar refractivity (Wildman–Crippen MR) is 83.9 cm³/mol. The molecule has 4 N–H and O–H groups in total. The Morgan fingerprint density at radius 2 is 2.08 bits per heavy atom. The van der Waals surface area contributed by atoms with Gasteiger partial charge in [-0.3, -0.25) is 10.1 Å². The first-order chi connectivity index (χ1) is 11.4. The first-order valence-corrected chi connectivity index (χ1v) is 7.44. The van der Waals surface area contributed by atoms with Crippen LogP contribution in [0.5, 0.6) is 0 Å². The number of rotatable bonds is 7. The van der Waals surface area contributed by atoms with Gasteiger partial charge in [0.05, 0.1) is 6.10 Å². The van der Waals surface area contributed by atoms with Crippen LogP contribution >= 0.6 is 0 Å². The highest BCUT2D eigenvalue weighted by molar-refractivity contribution is 5.77. The summed E-state index contributed by atoms with van der Waals surface area (Å²) in [6.07, 6.45) is 1.38. The van der Waals surface area contributed by atoms with Crippen molar-refractivity contribution in [1.82, 2.24) is 5.32 Å². The van der Waals surface area contributed by atoms with Crippen LogP contribution in [-0.2, 0) is 14.3 Å². The van der Waals surface area contributed by atoms with E-state index < -0.39 is 36.6 Å². The number of hydrogen-bond donors (Lipinski definition) is 4. The Hall–Kier alpha value is -2.18. The molecule has 1 heterocycles. The van der Waals surface area contributed by atoms with Crippen LogP contribution in [0.15, 0.2) is 36.6 Å². The molecule has 3 unspecified atom stereocenters. The van der Waals surface area contributed by atoms with E-state index in [9.17, 15) is 20.1 Å². The molecule has 1 fully saturated rings. The topological polar surface area (TPSA) is 132 Å². The number of amides is 1. The number of ether oxygens (including phenoxy) is 2. The lowest BCUT2D eigenvalue weighted by atomic mass is 9.96. The minimum atomic E-state index is -1.50. The van der Waals surface area contributed by atoms with E-state index in [0.29, 0.717) is 5.76 Å². The molecule has 0 aromatic rings. The van der Waals surface area contributed by atoms with Crippen molar-refractivity contribution >= 4 is 5.91 Å². The van der Waals surface area contributed by atoms with E-state index in [2.05, 4.69) is 6.58 Å². The molecule has 24 heavy (non-hydrogen) atoms. The Balaban J connectivity index is 2.77. The fourth-order valence-electron chi connectivity index (χ4n) is 2.13. The van der Waals surface area contributed by atoms with Crippen LogP contribution in [0.25, 0.3) is 0 Å². The molecule has 1 amide bonds. The number of carbonyl (C=O) groups is 1. The van der Waals surface area contributed by atoms with Crippen LogP contribution in [0.3, 0.4) is 0 Å². The van der Waals surface area contributed by atoms with Gasteiger partial charge in [-0.25, -0.2) is 0 Å². The third-order valence-corrected chi connectivity index (χ3v) is 3.43. The van der Waals surface area contributed by atoms with Crippen molar-refractivity contribution in [2.75, 3.05) is 0 Å². The highest BCUT2D eigenvalue weighted by Crippen LogP contribution is 2.26. The third-order valence-electron chi connectivity index (χ3n) is 3.43. The molecule has 0 aromatic carbocycles. The molecule has 0 spiro atoms.